The van der Waals surface area contributed by atoms with Crippen LogP contribution in [0.5, 0.6) is 0 Å². The van der Waals surface area contributed by atoms with E-state index in [1.165, 1.54) is 11.1 Å². The molecule has 0 spiro atoms. The summed E-state index contributed by atoms with van der Waals surface area (Å²) in [4.78, 5) is 13.6. The molecule has 0 radical (unpaired) electrons. The number of hydrogen-bond donors (Lipinski definition) is 0. The third-order valence-corrected chi connectivity index (χ3v) is 3.52. The molecule has 0 aliphatic carbocycles. The zero-order chi connectivity index (χ0) is 12.6. The van der Waals surface area contributed by atoms with E-state index in [2.05, 4.69) is 39.0 Å². The Hall–Kier alpha value is -1.31. The molecule has 2 heteroatoms. The molecule has 1 aromatic rings. The number of amides is 1. The highest BCUT2D eigenvalue weighted by Gasteiger charge is 2.21. The molecule has 0 saturated carbocycles. The molecule has 0 unspecified atom stereocenters. The molecule has 1 aromatic carbocycles. The zero-order valence-electron chi connectivity index (χ0n) is 11.2. The quantitative estimate of drug-likeness (QED) is 0.671. The van der Waals surface area contributed by atoms with Crippen molar-refractivity contribution in [2.24, 2.45) is 0 Å². The molecule has 0 saturated heterocycles. The molecule has 2 rings (SSSR count). The standard InChI is InChI=1S/C15H21NO/c1-15(2,3)12-8-9-13-11(10-12)6-5-7-14(17)16(13)4/h8-10H,5-7H2,1-4H3. The first-order valence-corrected chi connectivity index (χ1v) is 6.29. The average molecular weight is 231 g/mol. The van der Waals surface area contributed by atoms with Crippen molar-refractivity contribution in [1.82, 2.24) is 0 Å². The second kappa shape index (κ2) is 4.17. The lowest BCUT2D eigenvalue weighted by Crippen LogP contribution is -2.25. The Kier molecular flexibility index (Phi) is 2.98. The Morgan fingerprint density at radius 2 is 1.88 bits per heavy atom. The van der Waals surface area contributed by atoms with E-state index < -0.39 is 0 Å². The summed E-state index contributed by atoms with van der Waals surface area (Å²) in [5.74, 6) is 0.229. The minimum atomic E-state index is 0.171. The first kappa shape index (κ1) is 12.2. The van der Waals surface area contributed by atoms with Gasteiger partial charge in [-0.3, -0.25) is 4.79 Å². The fourth-order valence-electron chi connectivity index (χ4n) is 2.31. The second-order valence-corrected chi connectivity index (χ2v) is 5.90. The molecule has 0 bridgehead atoms. The van der Waals surface area contributed by atoms with Gasteiger partial charge in [-0.15, -0.1) is 0 Å². The van der Waals surface area contributed by atoms with Gasteiger partial charge in [-0.05, 0) is 35.4 Å². The minimum absolute atomic E-state index is 0.171. The molecule has 92 valence electrons. The first-order valence-electron chi connectivity index (χ1n) is 6.29. The van der Waals surface area contributed by atoms with Crippen LogP contribution in [0.4, 0.5) is 5.69 Å². The highest BCUT2D eigenvalue weighted by Crippen LogP contribution is 2.31. The van der Waals surface area contributed by atoms with Crippen molar-refractivity contribution in [3.8, 4) is 0 Å². The number of carbonyl (C=O) groups is 1. The largest absolute Gasteiger partial charge is 0.315 e. The van der Waals surface area contributed by atoms with Crippen molar-refractivity contribution < 1.29 is 4.79 Å². The fourth-order valence-corrected chi connectivity index (χ4v) is 2.31. The summed E-state index contributed by atoms with van der Waals surface area (Å²) in [7, 11) is 1.88. The topological polar surface area (TPSA) is 20.3 Å². The molecule has 1 aliphatic heterocycles. The van der Waals surface area contributed by atoms with Crippen LogP contribution in [0, 0.1) is 0 Å². The summed E-state index contributed by atoms with van der Waals surface area (Å²) in [5.41, 5.74) is 3.91. The maximum atomic E-state index is 11.8. The zero-order valence-corrected chi connectivity index (χ0v) is 11.2. The van der Waals surface area contributed by atoms with Crippen LogP contribution >= 0.6 is 0 Å². The number of anilines is 1. The van der Waals surface area contributed by atoms with Crippen molar-refractivity contribution in [3.05, 3.63) is 29.3 Å². The van der Waals surface area contributed by atoms with Gasteiger partial charge in [-0.2, -0.15) is 0 Å². The molecular formula is C15H21NO. The average Bonchev–Trinajstić information content (AvgIpc) is 2.38. The number of benzene rings is 1. The SMILES string of the molecule is CN1C(=O)CCCc2cc(C(C)(C)C)ccc21. The van der Waals surface area contributed by atoms with Crippen molar-refractivity contribution in [2.75, 3.05) is 11.9 Å². The summed E-state index contributed by atoms with van der Waals surface area (Å²) in [6.07, 6.45) is 2.63. The van der Waals surface area contributed by atoms with E-state index in [-0.39, 0.29) is 11.3 Å². The van der Waals surface area contributed by atoms with Crippen molar-refractivity contribution in [1.29, 1.82) is 0 Å². The van der Waals surface area contributed by atoms with Crippen LogP contribution in [0.15, 0.2) is 18.2 Å². The number of hydrogen-bond acceptors (Lipinski definition) is 1. The predicted octanol–water partition coefficient (Wildman–Crippen LogP) is 3.28. The van der Waals surface area contributed by atoms with Crippen LogP contribution in [0.25, 0.3) is 0 Å². The van der Waals surface area contributed by atoms with E-state index in [9.17, 15) is 4.79 Å². The molecule has 0 aromatic heterocycles. The summed E-state index contributed by atoms with van der Waals surface area (Å²) in [6, 6.07) is 6.51. The number of aryl methyl sites for hydroxylation is 1. The smallest absolute Gasteiger partial charge is 0.226 e. The maximum Gasteiger partial charge on any atom is 0.226 e. The second-order valence-electron chi connectivity index (χ2n) is 5.90. The van der Waals surface area contributed by atoms with Gasteiger partial charge in [-0.25, -0.2) is 0 Å². The number of carbonyl (C=O) groups excluding carboxylic acids is 1. The van der Waals surface area contributed by atoms with E-state index in [1.807, 2.05) is 7.05 Å². The molecule has 2 nitrogen and oxygen atoms in total. The van der Waals surface area contributed by atoms with Gasteiger partial charge in [-0.1, -0.05) is 32.9 Å². The predicted molar refractivity (Wildman–Crippen MR) is 71.5 cm³/mol. The third-order valence-electron chi connectivity index (χ3n) is 3.52. The number of fused-ring (bicyclic) bond motifs is 1. The van der Waals surface area contributed by atoms with Gasteiger partial charge in [0.1, 0.15) is 0 Å². The van der Waals surface area contributed by atoms with Gasteiger partial charge < -0.3 is 4.90 Å². The van der Waals surface area contributed by atoms with Crippen LogP contribution in [0.1, 0.15) is 44.7 Å². The van der Waals surface area contributed by atoms with Crippen LogP contribution in [-0.4, -0.2) is 13.0 Å². The Balaban J connectivity index is 2.46. The van der Waals surface area contributed by atoms with Crippen LogP contribution in [-0.2, 0) is 16.6 Å². The normalized spacial score (nSPS) is 16.7. The van der Waals surface area contributed by atoms with E-state index in [1.54, 1.807) is 4.90 Å². The Morgan fingerprint density at radius 1 is 1.18 bits per heavy atom. The Bertz CT molecular complexity index is 443. The van der Waals surface area contributed by atoms with Crippen molar-refractivity contribution in [2.45, 2.75) is 45.4 Å². The highest BCUT2D eigenvalue weighted by molar-refractivity contribution is 5.94. The maximum absolute atomic E-state index is 11.8. The molecular weight excluding hydrogens is 210 g/mol. The van der Waals surface area contributed by atoms with Crippen LogP contribution in [0.3, 0.4) is 0 Å². The summed E-state index contributed by atoms with van der Waals surface area (Å²) >= 11 is 0. The summed E-state index contributed by atoms with van der Waals surface area (Å²) in [5, 5.41) is 0. The lowest BCUT2D eigenvalue weighted by atomic mass is 9.85. The van der Waals surface area contributed by atoms with E-state index in [0.29, 0.717) is 6.42 Å². The van der Waals surface area contributed by atoms with E-state index in [4.69, 9.17) is 0 Å². The van der Waals surface area contributed by atoms with Crippen molar-refractivity contribution >= 4 is 11.6 Å². The molecule has 0 N–H and O–H groups in total. The molecule has 1 amide bonds. The van der Waals surface area contributed by atoms with Crippen LogP contribution < -0.4 is 4.90 Å². The molecule has 0 atom stereocenters. The lowest BCUT2D eigenvalue weighted by Gasteiger charge is -2.23. The van der Waals surface area contributed by atoms with Gasteiger partial charge in [0.25, 0.3) is 0 Å². The molecule has 17 heavy (non-hydrogen) atoms. The highest BCUT2D eigenvalue weighted by atomic mass is 16.2. The summed E-state index contributed by atoms with van der Waals surface area (Å²) in [6.45, 7) is 6.67. The monoisotopic (exact) mass is 231 g/mol. The van der Waals surface area contributed by atoms with Gasteiger partial charge >= 0.3 is 0 Å². The van der Waals surface area contributed by atoms with Gasteiger partial charge in [0.2, 0.25) is 5.91 Å². The lowest BCUT2D eigenvalue weighted by molar-refractivity contribution is -0.118. The Labute approximate surface area is 104 Å². The minimum Gasteiger partial charge on any atom is -0.315 e. The summed E-state index contributed by atoms with van der Waals surface area (Å²) < 4.78 is 0. The van der Waals surface area contributed by atoms with Crippen LogP contribution in [0.2, 0.25) is 0 Å². The molecule has 1 heterocycles. The van der Waals surface area contributed by atoms with E-state index in [0.717, 1.165) is 18.5 Å². The van der Waals surface area contributed by atoms with Gasteiger partial charge in [0.15, 0.2) is 0 Å². The molecule has 1 aliphatic rings. The number of nitrogens with zero attached hydrogens (tertiary/aromatic N) is 1. The van der Waals surface area contributed by atoms with Gasteiger partial charge in [0, 0.05) is 19.2 Å². The first-order chi connectivity index (χ1) is 7.89. The van der Waals surface area contributed by atoms with Crippen molar-refractivity contribution in [3.63, 3.8) is 0 Å². The van der Waals surface area contributed by atoms with Gasteiger partial charge in [0.05, 0.1) is 0 Å². The van der Waals surface area contributed by atoms with E-state index >= 15 is 0 Å². The Morgan fingerprint density at radius 3 is 2.53 bits per heavy atom. The third kappa shape index (κ3) is 2.36. The number of rotatable bonds is 0. The fraction of sp³-hybridized carbons (Fsp3) is 0.533. The molecule has 0 fully saturated rings.